The molecule has 2 aromatic rings. The third-order valence-corrected chi connectivity index (χ3v) is 3.29. The Hall–Kier alpha value is -2.23. The van der Waals surface area contributed by atoms with E-state index in [0.717, 1.165) is 23.8 Å². The van der Waals surface area contributed by atoms with Crippen molar-refractivity contribution < 1.29 is 13.6 Å². The van der Waals surface area contributed by atoms with E-state index in [0.29, 0.717) is 19.5 Å². The average Bonchev–Trinajstić information content (AvgIpc) is 2.47. The number of amides is 1. The van der Waals surface area contributed by atoms with Crippen LogP contribution in [0.1, 0.15) is 22.8 Å². The number of nitrogens with zero attached hydrogens (tertiary/aromatic N) is 1. The first kappa shape index (κ1) is 15.2. The van der Waals surface area contributed by atoms with Crippen molar-refractivity contribution in [2.75, 3.05) is 13.1 Å². The van der Waals surface area contributed by atoms with Gasteiger partial charge in [-0.15, -0.1) is 0 Å². The second-order valence-electron chi connectivity index (χ2n) is 4.78. The Labute approximate surface area is 123 Å². The van der Waals surface area contributed by atoms with Crippen LogP contribution in [0.3, 0.4) is 0 Å². The lowest BCUT2D eigenvalue weighted by Gasteiger charge is -2.21. The van der Waals surface area contributed by atoms with Crippen LogP contribution >= 0.6 is 0 Å². The van der Waals surface area contributed by atoms with Crippen molar-refractivity contribution in [2.45, 2.75) is 13.3 Å². The van der Waals surface area contributed by atoms with Crippen molar-refractivity contribution >= 4 is 5.91 Å². The van der Waals surface area contributed by atoms with Gasteiger partial charge in [0.1, 0.15) is 11.6 Å². The van der Waals surface area contributed by atoms with E-state index in [1.165, 1.54) is 0 Å². The maximum absolute atomic E-state index is 13.2. The molecule has 2 nitrogen and oxygen atoms in total. The van der Waals surface area contributed by atoms with Gasteiger partial charge >= 0.3 is 0 Å². The largest absolute Gasteiger partial charge is 0.339 e. The summed E-state index contributed by atoms with van der Waals surface area (Å²) in [4.78, 5) is 13.9. The van der Waals surface area contributed by atoms with Gasteiger partial charge in [0, 0.05) is 24.7 Å². The molecule has 0 fully saturated rings. The van der Waals surface area contributed by atoms with Gasteiger partial charge in [0.15, 0.2) is 0 Å². The second-order valence-corrected chi connectivity index (χ2v) is 4.78. The molecule has 4 heteroatoms. The lowest BCUT2D eigenvalue weighted by molar-refractivity contribution is 0.0765. The van der Waals surface area contributed by atoms with Crippen molar-refractivity contribution in [3.63, 3.8) is 0 Å². The highest BCUT2D eigenvalue weighted by Gasteiger charge is 2.15. The molecule has 0 aliphatic rings. The van der Waals surface area contributed by atoms with Gasteiger partial charge in [-0.3, -0.25) is 4.79 Å². The van der Waals surface area contributed by atoms with E-state index in [9.17, 15) is 13.6 Å². The zero-order valence-electron chi connectivity index (χ0n) is 11.9. The van der Waals surface area contributed by atoms with Gasteiger partial charge in [-0.05, 0) is 31.0 Å². The van der Waals surface area contributed by atoms with Crippen molar-refractivity contribution in [1.29, 1.82) is 0 Å². The van der Waals surface area contributed by atoms with Crippen LogP contribution in [0.5, 0.6) is 0 Å². The smallest absolute Gasteiger partial charge is 0.254 e. The van der Waals surface area contributed by atoms with Crippen LogP contribution in [0.4, 0.5) is 8.78 Å². The molecule has 0 N–H and O–H groups in total. The molecule has 0 atom stereocenters. The van der Waals surface area contributed by atoms with Gasteiger partial charge in [0.25, 0.3) is 5.91 Å². The van der Waals surface area contributed by atoms with Crippen molar-refractivity contribution in [1.82, 2.24) is 4.90 Å². The normalized spacial score (nSPS) is 10.4. The van der Waals surface area contributed by atoms with E-state index in [-0.39, 0.29) is 11.5 Å². The molecule has 0 bridgehead atoms. The first-order chi connectivity index (χ1) is 10.1. The van der Waals surface area contributed by atoms with Crippen LogP contribution in [0.15, 0.2) is 48.5 Å². The van der Waals surface area contributed by atoms with Gasteiger partial charge < -0.3 is 4.90 Å². The highest BCUT2D eigenvalue weighted by Crippen LogP contribution is 2.11. The third-order valence-electron chi connectivity index (χ3n) is 3.29. The number of carbonyl (C=O) groups is 1. The SMILES string of the molecule is CCN(CCc1ccccc1)C(=O)c1cc(F)cc(F)c1. The Morgan fingerprint density at radius 1 is 1.05 bits per heavy atom. The van der Waals surface area contributed by atoms with Crippen molar-refractivity contribution in [2.24, 2.45) is 0 Å². The van der Waals surface area contributed by atoms with Crippen LogP contribution in [0, 0.1) is 11.6 Å². The fourth-order valence-electron chi connectivity index (χ4n) is 2.17. The van der Waals surface area contributed by atoms with Crippen molar-refractivity contribution in [3.05, 3.63) is 71.3 Å². The summed E-state index contributed by atoms with van der Waals surface area (Å²) in [6.07, 6.45) is 0.707. The molecule has 0 heterocycles. The zero-order chi connectivity index (χ0) is 15.2. The maximum Gasteiger partial charge on any atom is 0.254 e. The highest BCUT2D eigenvalue weighted by molar-refractivity contribution is 5.94. The summed E-state index contributed by atoms with van der Waals surface area (Å²) < 4.78 is 26.4. The molecule has 0 aliphatic heterocycles. The number of benzene rings is 2. The second kappa shape index (κ2) is 6.97. The minimum Gasteiger partial charge on any atom is -0.339 e. The Kier molecular flexibility index (Phi) is 5.04. The molecule has 2 rings (SSSR count). The Morgan fingerprint density at radius 3 is 2.24 bits per heavy atom. The topological polar surface area (TPSA) is 20.3 Å². The summed E-state index contributed by atoms with van der Waals surface area (Å²) >= 11 is 0. The molecule has 2 aromatic carbocycles. The minimum absolute atomic E-state index is 0.0439. The summed E-state index contributed by atoms with van der Waals surface area (Å²) in [5, 5.41) is 0. The fourth-order valence-corrected chi connectivity index (χ4v) is 2.17. The standard InChI is InChI=1S/C17H17F2NO/c1-2-20(9-8-13-6-4-3-5-7-13)17(21)14-10-15(18)12-16(19)11-14/h3-7,10-12H,2,8-9H2,1H3. The maximum atomic E-state index is 13.2. The Balaban J connectivity index is 2.08. The third kappa shape index (κ3) is 4.12. The molecule has 0 spiro atoms. The van der Waals surface area contributed by atoms with E-state index in [4.69, 9.17) is 0 Å². The van der Waals surface area contributed by atoms with Gasteiger partial charge in [-0.25, -0.2) is 8.78 Å². The predicted octanol–water partition coefficient (Wildman–Crippen LogP) is 3.67. The molecule has 0 aromatic heterocycles. The molecule has 0 aliphatic carbocycles. The van der Waals surface area contributed by atoms with Crippen LogP contribution in [-0.4, -0.2) is 23.9 Å². The first-order valence-electron chi connectivity index (χ1n) is 6.89. The summed E-state index contributed by atoms with van der Waals surface area (Å²) in [5.74, 6) is -1.83. The molecular weight excluding hydrogens is 272 g/mol. The lowest BCUT2D eigenvalue weighted by atomic mass is 10.1. The number of hydrogen-bond donors (Lipinski definition) is 0. The molecule has 1 amide bonds. The van der Waals surface area contributed by atoms with Gasteiger partial charge in [0.05, 0.1) is 0 Å². The van der Waals surface area contributed by atoms with E-state index >= 15 is 0 Å². The van der Waals surface area contributed by atoms with E-state index in [1.807, 2.05) is 37.3 Å². The van der Waals surface area contributed by atoms with Crippen molar-refractivity contribution in [3.8, 4) is 0 Å². The predicted molar refractivity (Wildman–Crippen MR) is 78.1 cm³/mol. The number of rotatable bonds is 5. The molecule has 0 radical (unpaired) electrons. The number of halogens is 2. The van der Waals surface area contributed by atoms with E-state index in [2.05, 4.69) is 0 Å². The molecule has 21 heavy (non-hydrogen) atoms. The summed E-state index contributed by atoms with van der Waals surface area (Å²) in [6, 6.07) is 12.7. The number of hydrogen-bond acceptors (Lipinski definition) is 1. The van der Waals surface area contributed by atoms with Crippen LogP contribution < -0.4 is 0 Å². The Morgan fingerprint density at radius 2 is 1.67 bits per heavy atom. The number of carbonyl (C=O) groups excluding carboxylic acids is 1. The molecule has 0 saturated heterocycles. The van der Waals surface area contributed by atoms with Gasteiger partial charge in [-0.2, -0.15) is 0 Å². The summed E-state index contributed by atoms with van der Waals surface area (Å²) in [7, 11) is 0. The van der Waals surface area contributed by atoms with Gasteiger partial charge in [0.2, 0.25) is 0 Å². The lowest BCUT2D eigenvalue weighted by Crippen LogP contribution is -2.32. The quantitative estimate of drug-likeness (QED) is 0.822. The van der Waals surface area contributed by atoms with Crippen LogP contribution in [0.2, 0.25) is 0 Å². The van der Waals surface area contributed by atoms with E-state index < -0.39 is 11.6 Å². The summed E-state index contributed by atoms with van der Waals surface area (Å²) in [5.41, 5.74) is 1.16. The molecular formula is C17H17F2NO. The van der Waals surface area contributed by atoms with Gasteiger partial charge in [-0.1, -0.05) is 30.3 Å². The minimum atomic E-state index is -0.738. The van der Waals surface area contributed by atoms with Crippen LogP contribution in [0.25, 0.3) is 0 Å². The first-order valence-corrected chi connectivity index (χ1v) is 6.89. The highest BCUT2D eigenvalue weighted by atomic mass is 19.1. The fraction of sp³-hybridized carbons (Fsp3) is 0.235. The zero-order valence-corrected chi connectivity index (χ0v) is 11.9. The molecule has 0 saturated carbocycles. The average molecular weight is 289 g/mol. The number of likely N-dealkylation sites (N-methyl/N-ethyl adjacent to an activating group) is 1. The molecule has 110 valence electrons. The Bertz CT molecular complexity index is 593. The summed E-state index contributed by atoms with van der Waals surface area (Å²) in [6.45, 7) is 2.85. The van der Waals surface area contributed by atoms with E-state index in [1.54, 1.807) is 4.90 Å². The molecule has 0 unspecified atom stereocenters. The van der Waals surface area contributed by atoms with Crippen LogP contribution in [-0.2, 0) is 6.42 Å². The monoisotopic (exact) mass is 289 g/mol.